The van der Waals surface area contributed by atoms with Crippen LogP contribution in [0.3, 0.4) is 0 Å². The molecule has 1 aliphatic heterocycles. The van der Waals surface area contributed by atoms with Gasteiger partial charge in [0.05, 0.1) is 12.7 Å². The number of aryl methyl sites for hydroxylation is 1. The Morgan fingerprint density at radius 3 is 2.81 bits per heavy atom. The molecular formula is C19H28N2O4S. The highest BCUT2D eigenvalue weighted by Gasteiger charge is 2.35. The van der Waals surface area contributed by atoms with Crippen molar-refractivity contribution in [1.29, 1.82) is 0 Å². The Labute approximate surface area is 157 Å². The Morgan fingerprint density at radius 1 is 1.31 bits per heavy atom. The van der Waals surface area contributed by atoms with Crippen LogP contribution in [0.2, 0.25) is 0 Å². The van der Waals surface area contributed by atoms with E-state index >= 15 is 0 Å². The predicted molar refractivity (Wildman–Crippen MR) is 103 cm³/mol. The molecule has 0 amide bonds. The van der Waals surface area contributed by atoms with E-state index in [9.17, 15) is 15.0 Å². The molecule has 1 saturated heterocycles. The van der Waals surface area contributed by atoms with Crippen LogP contribution in [-0.2, 0) is 11.2 Å². The summed E-state index contributed by atoms with van der Waals surface area (Å²) in [5.41, 5.74) is -0.374. The third-order valence-corrected chi connectivity index (χ3v) is 6.06. The largest absolute Gasteiger partial charge is 0.394 e. The third-order valence-electron chi connectivity index (χ3n) is 4.96. The molecule has 2 aromatic rings. The van der Waals surface area contributed by atoms with E-state index in [1.54, 1.807) is 17.5 Å². The zero-order valence-electron chi connectivity index (χ0n) is 15.3. The first kappa shape index (κ1) is 19.5. The number of hydrogen-bond donors (Lipinski definition) is 2. The maximum Gasteiger partial charge on any atom is 0.351 e. The molecule has 6 nitrogen and oxygen atoms in total. The zero-order valence-corrected chi connectivity index (χ0v) is 16.1. The number of ether oxygens (including phenoxy) is 1. The fraction of sp³-hybridized carbons (Fsp3) is 0.684. The number of hydrogen-bond acceptors (Lipinski definition) is 6. The van der Waals surface area contributed by atoms with Crippen LogP contribution in [-0.4, -0.2) is 38.6 Å². The van der Waals surface area contributed by atoms with Crippen molar-refractivity contribution in [3.8, 4) is 0 Å². The van der Waals surface area contributed by atoms with Crippen LogP contribution in [0.4, 0.5) is 0 Å². The molecule has 3 atom stereocenters. The average molecular weight is 381 g/mol. The molecule has 2 N–H and O–H groups in total. The minimum absolute atomic E-state index is 0.261. The van der Waals surface area contributed by atoms with Gasteiger partial charge in [0.25, 0.3) is 0 Å². The fourth-order valence-electron chi connectivity index (χ4n) is 3.44. The quantitative estimate of drug-likeness (QED) is 0.653. The second kappa shape index (κ2) is 9.08. The number of fused-ring (bicyclic) bond motifs is 1. The highest BCUT2D eigenvalue weighted by Crippen LogP contribution is 2.30. The Bertz CT molecular complexity index is 772. The molecule has 0 bridgehead atoms. The number of rotatable bonds is 9. The molecule has 0 aliphatic carbocycles. The van der Waals surface area contributed by atoms with Crippen molar-refractivity contribution >= 4 is 21.6 Å². The molecule has 3 unspecified atom stereocenters. The van der Waals surface area contributed by atoms with E-state index in [1.165, 1.54) is 41.5 Å². The van der Waals surface area contributed by atoms with Gasteiger partial charge < -0.3 is 14.9 Å². The lowest BCUT2D eigenvalue weighted by Crippen LogP contribution is -2.27. The van der Waals surface area contributed by atoms with Crippen molar-refractivity contribution in [2.75, 3.05) is 6.61 Å². The lowest BCUT2D eigenvalue weighted by molar-refractivity contribution is -0.0457. The predicted octanol–water partition coefficient (Wildman–Crippen LogP) is 3.00. The minimum Gasteiger partial charge on any atom is -0.394 e. The molecule has 0 spiro atoms. The van der Waals surface area contributed by atoms with E-state index in [0.717, 1.165) is 23.1 Å². The van der Waals surface area contributed by atoms with Gasteiger partial charge in [0.1, 0.15) is 17.2 Å². The van der Waals surface area contributed by atoms with Gasteiger partial charge in [-0.25, -0.2) is 4.79 Å². The number of aliphatic hydroxyl groups excluding tert-OH is 2. The van der Waals surface area contributed by atoms with Crippen LogP contribution in [0.1, 0.15) is 63.0 Å². The molecule has 26 heavy (non-hydrogen) atoms. The second-order valence-electron chi connectivity index (χ2n) is 7.04. The molecule has 0 radical (unpaired) electrons. The van der Waals surface area contributed by atoms with E-state index in [4.69, 9.17) is 4.74 Å². The van der Waals surface area contributed by atoms with E-state index < -0.39 is 18.4 Å². The number of nitrogens with zero attached hydrogens (tertiary/aromatic N) is 2. The van der Waals surface area contributed by atoms with E-state index in [2.05, 4.69) is 18.0 Å². The van der Waals surface area contributed by atoms with Gasteiger partial charge in [-0.3, -0.25) is 4.57 Å². The Morgan fingerprint density at radius 2 is 2.08 bits per heavy atom. The summed E-state index contributed by atoms with van der Waals surface area (Å²) >= 11 is 1.58. The maximum absolute atomic E-state index is 12.3. The number of thiophene rings is 1. The highest BCUT2D eigenvalue weighted by atomic mass is 32.1. The van der Waals surface area contributed by atoms with E-state index in [-0.39, 0.29) is 18.7 Å². The minimum atomic E-state index is -0.765. The van der Waals surface area contributed by atoms with Gasteiger partial charge in [0.15, 0.2) is 0 Å². The monoisotopic (exact) mass is 380 g/mol. The smallest absolute Gasteiger partial charge is 0.351 e. The molecule has 3 heterocycles. The summed E-state index contributed by atoms with van der Waals surface area (Å²) in [6.07, 6.45) is 8.67. The normalized spacial score (nSPS) is 23.1. The summed E-state index contributed by atoms with van der Waals surface area (Å²) in [6.45, 7) is 1.96. The molecule has 144 valence electrons. The standard InChI is InChI=1S/C19H28N2O4S/c1-2-3-4-5-6-7-8-14-9-13-11-21(19(24)20-18(13)26-14)17-10-15(23)16(12-22)25-17/h9,11,15-17,22-23H,2-8,10,12H2,1H3. The highest BCUT2D eigenvalue weighted by molar-refractivity contribution is 7.18. The van der Waals surface area contributed by atoms with E-state index in [0.29, 0.717) is 0 Å². The first-order valence-electron chi connectivity index (χ1n) is 9.58. The Kier molecular flexibility index (Phi) is 6.80. The Hall–Kier alpha value is -1.28. The van der Waals surface area contributed by atoms with Crippen LogP contribution < -0.4 is 5.69 Å². The number of aromatic nitrogens is 2. The number of unbranched alkanes of at least 4 members (excludes halogenated alkanes) is 5. The lowest BCUT2D eigenvalue weighted by Gasteiger charge is -2.14. The summed E-state index contributed by atoms with van der Waals surface area (Å²) in [6, 6.07) is 2.10. The molecule has 0 aromatic carbocycles. The van der Waals surface area contributed by atoms with Gasteiger partial charge in [-0.05, 0) is 18.9 Å². The van der Waals surface area contributed by atoms with Crippen molar-refractivity contribution in [2.24, 2.45) is 0 Å². The third kappa shape index (κ3) is 4.52. The zero-order chi connectivity index (χ0) is 18.5. The van der Waals surface area contributed by atoms with Crippen molar-refractivity contribution in [2.45, 2.75) is 76.7 Å². The fourth-order valence-corrected chi connectivity index (χ4v) is 4.47. The Balaban J connectivity index is 1.66. The molecule has 0 saturated carbocycles. The van der Waals surface area contributed by atoms with Gasteiger partial charge in [0, 0.05) is 22.9 Å². The van der Waals surface area contributed by atoms with Crippen LogP contribution in [0.15, 0.2) is 17.1 Å². The van der Waals surface area contributed by atoms with E-state index in [1.807, 2.05) is 0 Å². The summed E-state index contributed by atoms with van der Waals surface area (Å²) in [5, 5.41) is 20.0. The molecule has 1 fully saturated rings. The molecule has 1 aliphatic rings. The van der Waals surface area contributed by atoms with Gasteiger partial charge in [-0.2, -0.15) is 4.98 Å². The number of aliphatic hydroxyl groups is 2. The first-order valence-corrected chi connectivity index (χ1v) is 10.4. The van der Waals surface area contributed by atoms with Crippen molar-refractivity contribution in [1.82, 2.24) is 9.55 Å². The molecule has 7 heteroatoms. The summed E-state index contributed by atoms with van der Waals surface area (Å²) in [7, 11) is 0. The van der Waals surface area contributed by atoms with Crippen molar-refractivity contribution in [3.63, 3.8) is 0 Å². The van der Waals surface area contributed by atoms with Crippen LogP contribution in [0.25, 0.3) is 10.2 Å². The van der Waals surface area contributed by atoms with Crippen molar-refractivity contribution in [3.05, 3.63) is 27.6 Å². The van der Waals surface area contributed by atoms with Crippen LogP contribution in [0.5, 0.6) is 0 Å². The van der Waals surface area contributed by atoms with Crippen molar-refractivity contribution < 1.29 is 14.9 Å². The summed E-state index contributed by atoms with van der Waals surface area (Å²) < 4.78 is 7.02. The SMILES string of the molecule is CCCCCCCCc1cc2cn(C3CC(O)C(CO)O3)c(=O)nc2s1. The topological polar surface area (TPSA) is 84.6 Å². The maximum atomic E-state index is 12.3. The van der Waals surface area contributed by atoms with Gasteiger partial charge in [0.2, 0.25) is 0 Å². The van der Waals surface area contributed by atoms with Gasteiger partial charge >= 0.3 is 5.69 Å². The summed E-state index contributed by atoms with van der Waals surface area (Å²) in [4.78, 5) is 18.5. The summed E-state index contributed by atoms with van der Waals surface area (Å²) in [5.74, 6) is 0. The van der Waals surface area contributed by atoms with Gasteiger partial charge in [-0.15, -0.1) is 11.3 Å². The second-order valence-corrected chi connectivity index (χ2v) is 8.15. The molecular weight excluding hydrogens is 352 g/mol. The average Bonchev–Trinajstić information content (AvgIpc) is 3.19. The van der Waals surface area contributed by atoms with Gasteiger partial charge in [-0.1, -0.05) is 39.0 Å². The molecule has 3 rings (SSSR count). The first-order chi connectivity index (χ1) is 12.6. The van der Waals surface area contributed by atoms with Crippen LogP contribution in [0, 0.1) is 0 Å². The van der Waals surface area contributed by atoms with Crippen LogP contribution >= 0.6 is 11.3 Å². The molecule has 2 aromatic heterocycles. The lowest BCUT2D eigenvalue weighted by atomic mass is 10.1.